The van der Waals surface area contributed by atoms with E-state index in [1.165, 1.54) is 6.07 Å². The van der Waals surface area contributed by atoms with Gasteiger partial charge in [-0.25, -0.2) is 4.39 Å². The largest absolute Gasteiger partial charge is 0.389 e. The van der Waals surface area contributed by atoms with Crippen LogP contribution >= 0.6 is 12.2 Å². The van der Waals surface area contributed by atoms with Crippen molar-refractivity contribution in [3.63, 3.8) is 0 Å². The predicted molar refractivity (Wildman–Crippen MR) is 88.8 cm³/mol. The lowest BCUT2D eigenvalue weighted by Gasteiger charge is -2.35. The molecule has 21 heavy (non-hydrogen) atoms. The summed E-state index contributed by atoms with van der Waals surface area (Å²) < 4.78 is 13.9. The molecule has 5 heteroatoms. The summed E-state index contributed by atoms with van der Waals surface area (Å²) in [7, 11) is 0. The molecule has 1 aromatic rings. The van der Waals surface area contributed by atoms with E-state index in [1.807, 2.05) is 0 Å². The molecule has 0 unspecified atom stereocenters. The van der Waals surface area contributed by atoms with Gasteiger partial charge in [-0.15, -0.1) is 0 Å². The Morgan fingerprint density at radius 1 is 1.24 bits per heavy atom. The normalized spacial score (nSPS) is 17.3. The van der Waals surface area contributed by atoms with E-state index < -0.39 is 0 Å². The molecule has 0 saturated carbocycles. The number of hydrogen-bond donors (Lipinski definition) is 1. The van der Waals surface area contributed by atoms with E-state index in [0.29, 0.717) is 23.0 Å². The van der Waals surface area contributed by atoms with Crippen LogP contribution in [0.15, 0.2) is 18.2 Å². The summed E-state index contributed by atoms with van der Waals surface area (Å²) in [6.07, 6.45) is 0. The van der Waals surface area contributed by atoms with Gasteiger partial charge in [0.15, 0.2) is 0 Å². The minimum Gasteiger partial charge on any atom is -0.389 e. The lowest BCUT2D eigenvalue weighted by molar-refractivity contribution is 0.116. The number of halogens is 1. The van der Waals surface area contributed by atoms with Crippen molar-refractivity contribution >= 4 is 17.2 Å². The summed E-state index contributed by atoms with van der Waals surface area (Å²) in [5.74, 6) is 0.510. The molecule has 1 fully saturated rings. The molecule has 1 aliphatic rings. The number of hydrogen-bond acceptors (Lipinski definition) is 3. The highest BCUT2D eigenvalue weighted by molar-refractivity contribution is 7.80. The van der Waals surface area contributed by atoms with Gasteiger partial charge in [-0.1, -0.05) is 26.1 Å². The van der Waals surface area contributed by atoms with Crippen LogP contribution in [0.1, 0.15) is 25.0 Å². The van der Waals surface area contributed by atoms with E-state index in [1.54, 1.807) is 12.1 Å². The van der Waals surface area contributed by atoms with Gasteiger partial charge < -0.3 is 10.6 Å². The maximum atomic E-state index is 13.9. The Labute approximate surface area is 131 Å². The molecular weight excluding hydrogens is 285 g/mol. The molecule has 2 rings (SSSR count). The maximum absolute atomic E-state index is 13.9. The van der Waals surface area contributed by atoms with Crippen molar-refractivity contribution in [3.8, 4) is 0 Å². The molecule has 1 aliphatic heterocycles. The second-order valence-corrected chi connectivity index (χ2v) is 6.58. The summed E-state index contributed by atoms with van der Waals surface area (Å²) in [6.45, 7) is 10.3. The Hall–Kier alpha value is -1.04. The Kier molecular flexibility index (Phi) is 5.67. The Morgan fingerprint density at radius 2 is 1.86 bits per heavy atom. The summed E-state index contributed by atoms with van der Waals surface area (Å²) in [5.41, 5.74) is 7.03. The monoisotopic (exact) mass is 309 g/mol. The number of nitrogens with zero attached hydrogens (tertiary/aromatic N) is 2. The second kappa shape index (κ2) is 7.29. The highest BCUT2D eigenvalue weighted by atomic mass is 32.1. The zero-order valence-corrected chi connectivity index (χ0v) is 13.6. The number of benzene rings is 1. The van der Waals surface area contributed by atoms with Gasteiger partial charge in [-0.05, 0) is 24.1 Å². The first-order chi connectivity index (χ1) is 9.95. The zero-order chi connectivity index (χ0) is 15.4. The Morgan fingerprint density at radius 3 is 2.43 bits per heavy atom. The van der Waals surface area contributed by atoms with E-state index in [2.05, 4.69) is 23.6 Å². The minimum absolute atomic E-state index is 0.181. The summed E-state index contributed by atoms with van der Waals surface area (Å²) in [5, 5.41) is 0. The third-order valence-electron chi connectivity index (χ3n) is 3.81. The van der Waals surface area contributed by atoms with Gasteiger partial charge in [0, 0.05) is 50.4 Å². The third-order valence-corrected chi connectivity index (χ3v) is 4.05. The fourth-order valence-corrected chi connectivity index (χ4v) is 2.86. The first kappa shape index (κ1) is 16.3. The van der Waals surface area contributed by atoms with Gasteiger partial charge >= 0.3 is 0 Å². The van der Waals surface area contributed by atoms with Gasteiger partial charge in [0.25, 0.3) is 0 Å². The van der Waals surface area contributed by atoms with Crippen LogP contribution in [0, 0.1) is 11.7 Å². The molecule has 2 N–H and O–H groups in total. The Bertz CT molecular complexity index is 496. The van der Waals surface area contributed by atoms with Crippen LogP contribution in [-0.2, 0) is 6.54 Å². The van der Waals surface area contributed by atoms with Crippen LogP contribution in [0.3, 0.4) is 0 Å². The van der Waals surface area contributed by atoms with Crippen LogP contribution in [0.25, 0.3) is 0 Å². The summed E-state index contributed by atoms with van der Waals surface area (Å²) >= 11 is 4.96. The van der Waals surface area contributed by atoms with Gasteiger partial charge in [0.1, 0.15) is 10.8 Å². The second-order valence-electron chi connectivity index (χ2n) is 6.14. The van der Waals surface area contributed by atoms with Crippen molar-refractivity contribution in [1.82, 2.24) is 9.80 Å². The van der Waals surface area contributed by atoms with Gasteiger partial charge in [0.05, 0.1) is 0 Å². The molecule has 0 spiro atoms. The van der Waals surface area contributed by atoms with Crippen molar-refractivity contribution in [2.24, 2.45) is 11.7 Å². The highest BCUT2D eigenvalue weighted by Crippen LogP contribution is 2.15. The van der Waals surface area contributed by atoms with Crippen LogP contribution in [0.2, 0.25) is 0 Å². The first-order valence-corrected chi connectivity index (χ1v) is 7.89. The number of nitrogens with two attached hydrogens (primary N) is 1. The van der Waals surface area contributed by atoms with Crippen LogP contribution in [-0.4, -0.2) is 47.5 Å². The molecule has 1 aromatic carbocycles. The highest BCUT2D eigenvalue weighted by Gasteiger charge is 2.18. The van der Waals surface area contributed by atoms with Crippen molar-refractivity contribution in [1.29, 1.82) is 0 Å². The van der Waals surface area contributed by atoms with E-state index >= 15 is 0 Å². The summed E-state index contributed by atoms with van der Waals surface area (Å²) in [6, 6.07) is 4.87. The quantitative estimate of drug-likeness (QED) is 0.846. The maximum Gasteiger partial charge on any atom is 0.127 e. The lowest BCUT2D eigenvalue weighted by Crippen LogP contribution is -2.47. The number of thiocarbonyl (C=S) groups is 1. The Balaban J connectivity index is 1.94. The topological polar surface area (TPSA) is 32.5 Å². The average Bonchev–Trinajstić information content (AvgIpc) is 2.42. The number of piperazine rings is 1. The smallest absolute Gasteiger partial charge is 0.127 e. The molecule has 0 aliphatic carbocycles. The fourth-order valence-electron chi connectivity index (χ4n) is 2.74. The lowest BCUT2D eigenvalue weighted by atomic mass is 10.1. The van der Waals surface area contributed by atoms with Crippen molar-refractivity contribution in [2.75, 3.05) is 32.7 Å². The molecule has 0 amide bonds. The zero-order valence-electron chi connectivity index (χ0n) is 12.8. The molecule has 116 valence electrons. The number of rotatable bonds is 5. The van der Waals surface area contributed by atoms with Crippen molar-refractivity contribution < 1.29 is 4.39 Å². The molecule has 3 nitrogen and oxygen atoms in total. The fraction of sp³-hybridized carbons (Fsp3) is 0.562. The van der Waals surface area contributed by atoms with E-state index in [9.17, 15) is 4.39 Å². The van der Waals surface area contributed by atoms with Crippen LogP contribution in [0.5, 0.6) is 0 Å². The molecule has 0 aromatic heterocycles. The van der Waals surface area contributed by atoms with Gasteiger partial charge in [-0.3, -0.25) is 4.90 Å². The molecular formula is C16H24FN3S. The molecule has 0 bridgehead atoms. The molecule has 1 heterocycles. The molecule has 0 atom stereocenters. The molecule has 0 radical (unpaired) electrons. The third kappa shape index (κ3) is 4.73. The van der Waals surface area contributed by atoms with Crippen molar-refractivity contribution in [3.05, 3.63) is 35.1 Å². The minimum atomic E-state index is -0.181. The van der Waals surface area contributed by atoms with E-state index in [0.717, 1.165) is 38.3 Å². The van der Waals surface area contributed by atoms with Gasteiger partial charge in [0.2, 0.25) is 0 Å². The SMILES string of the molecule is CC(C)CN1CCN(Cc2cc(C(N)=S)ccc2F)CC1. The first-order valence-electron chi connectivity index (χ1n) is 7.48. The van der Waals surface area contributed by atoms with Crippen LogP contribution in [0.4, 0.5) is 4.39 Å². The molecule has 1 saturated heterocycles. The standard InChI is InChI=1S/C16H24FN3S/c1-12(2)10-19-5-7-20(8-6-19)11-14-9-13(16(18)21)3-4-15(14)17/h3-4,9,12H,5-8,10-11H2,1-2H3,(H2,18,21). The van der Waals surface area contributed by atoms with E-state index in [4.69, 9.17) is 18.0 Å². The van der Waals surface area contributed by atoms with Gasteiger partial charge in [-0.2, -0.15) is 0 Å². The van der Waals surface area contributed by atoms with E-state index in [-0.39, 0.29) is 5.82 Å². The average molecular weight is 309 g/mol. The van der Waals surface area contributed by atoms with Crippen LogP contribution < -0.4 is 5.73 Å². The summed E-state index contributed by atoms with van der Waals surface area (Å²) in [4.78, 5) is 5.08. The predicted octanol–water partition coefficient (Wildman–Crippen LogP) is 2.23. The van der Waals surface area contributed by atoms with Crippen molar-refractivity contribution in [2.45, 2.75) is 20.4 Å².